The van der Waals surface area contributed by atoms with Gasteiger partial charge in [0.25, 0.3) is 0 Å². The molecule has 8 nitrogen and oxygen atoms in total. The van der Waals surface area contributed by atoms with Gasteiger partial charge < -0.3 is 23.7 Å². The van der Waals surface area contributed by atoms with Crippen molar-refractivity contribution in [1.29, 1.82) is 0 Å². The lowest BCUT2D eigenvalue weighted by molar-refractivity contribution is -0.149. The van der Waals surface area contributed by atoms with Gasteiger partial charge in [0, 0.05) is 18.7 Å². The van der Waals surface area contributed by atoms with Crippen LogP contribution in [-0.4, -0.2) is 53.5 Å². The summed E-state index contributed by atoms with van der Waals surface area (Å²) >= 11 is 0. The Bertz CT molecular complexity index is 549. The van der Waals surface area contributed by atoms with Gasteiger partial charge in [0.2, 0.25) is 0 Å². The summed E-state index contributed by atoms with van der Waals surface area (Å²) in [5.74, 6) is 0.547. The number of methoxy groups -OCH3 is 5. The molecular weight excluding hydrogens is 318 g/mol. The zero-order valence-electron chi connectivity index (χ0n) is 14.5. The van der Waals surface area contributed by atoms with Crippen LogP contribution in [0, 0.1) is 0 Å². The average Bonchev–Trinajstić information content (AvgIpc) is 2.63. The summed E-state index contributed by atoms with van der Waals surface area (Å²) in [5.41, 5.74) is 0.680. The van der Waals surface area contributed by atoms with Crippen LogP contribution in [0.15, 0.2) is 12.1 Å². The van der Waals surface area contributed by atoms with Crippen LogP contribution < -0.4 is 19.5 Å². The molecule has 0 fully saturated rings. The number of ether oxygens (including phenoxy) is 5. The summed E-state index contributed by atoms with van der Waals surface area (Å²) in [6, 6.07) is 2.55. The fourth-order valence-corrected chi connectivity index (χ4v) is 2.11. The molecule has 0 unspecified atom stereocenters. The Morgan fingerprint density at radius 2 is 1.54 bits per heavy atom. The first-order valence-electron chi connectivity index (χ1n) is 7.17. The summed E-state index contributed by atoms with van der Waals surface area (Å²) in [6.45, 7) is 0.215. The van der Waals surface area contributed by atoms with Crippen LogP contribution in [0.1, 0.15) is 12.0 Å². The van der Waals surface area contributed by atoms with Gasteiger partial charge in [-0.05, 0) is 0 Å². The van der Waals surface area contributed by atoms with E-state index in [1.807, 2.05) is 0 Å². The monoisotopic (exact) mass is 341 g/mol. The molecule has 0 saturated carbocycles. The molecule has 0 spiro atoms. The third-order valence-electron chi connectivity index (χ3n) is 3.43. The van der Waals surface area contributed by atoms with E-state index in [9.17, 15) is 9.59 Å². The van der Waals surface area contributed by atoms with Gasteiger partial charge >= 0.3 is 11.9 Å². The minimum Gasteiger partial charge on any atom is -0.496 e. The second kappa shape index (κ2) is 9.61. The van der Waals surface area contributed by atoms with Crippen molar-refractivity contribution in [3.63, 3.8) is 0 Å². The Kier molecular flexibility index (Phi) is 7.84. The number of carbonyl (C=O) groups is 2. The highest BCUT2D eigenvalue weighted by atomic mass is 16.5. The molecule has 1 aromatic rings. The molecule has 0 aliphatic rings. The fraction of sp³-hybridized carbons (Fsp3) is 0.500. The van der Waals surface area contributed by atoms with E-state index in [0.717, 1.165) is 0 Å². The lowest BCUT2D eigenvalue weighted by atomic mass is 10.1. The summed E-state index contributed by atoms with van der Waals surface area (Å²) in [6.07, 6.45) is -0.149. The molecule has 0 aliphatic heterocycles. The van der Waals surface area contributed by atoms with Gasteiger partial charge in [-0.2, -0.15) is 0 Å². The smallest absolute Gasteiger partial charge is 0.323 e. The van der Waals surface area contributed by atoms with Crippen molar-refractivity contribution in [2.45, 2.75) is 19.0 Å². The Labute approximate surface area is 141 Å². The van der Waals surface area contributed by atoms with Gasteiger partial charge in [0.05, 0.1) is 47.5 Å². The molecule has 1 N–H and O–H groups in total. The van der Waals surface area contributed by atoms with Crippen molar-refractivity contribution in [2.24, 2.45) is 0 Å². The van der Waals surface area contributed by atoms with Crippen LogP contribution in [0.4, 0.5) is 0 Å². The molecular formula is C16H23NO7. The first-order valence-corrected chi connectivity index (χ1v) is 7.17. The van der Waals surface area contributed by atoms with Gasteiger partial charge in [-0.1, -0.05) is 0 Å². The van der Waals surface area contributed by atoms with E-state index < -0.39 is 18.0 Å². The zero-order chi connectivity index (χ0) is 18.1. The van der Waals surface area contributed by atoms with Crippen molar-refractivity contribution >= 4 is 11.9 Å². The van der Waals surface area contributed by atoms with Crippen LogP contribution in [-0.2, 0) is 25.6 Å². The molecule has 24 heavy (non-hydrogen) atoms. The molecule has 0 amide bonds. The Balaban J connectivity index is 3.00. The second-order valence-electron chi connectivity index (χ2n) is 4.75. The van der Waals surface area contributed by atoms with E-state index in [2.05, 4.69) is 10.1 Å². The van der Waals surface area contributed by atoms with Crippen LogP contribution >= 0.6 is 0 Å². The molecule has 0 aromatic heterocycles. The van der Waals surface area contributed by atoms with E-state index in [1.54, 1.807) is 12.1 Å². The van der Waals surface area contributed by atoms with Crippen LogP contribution in [0.3, 0.4) is 0 Å². The Morgan fingerprint density at radius 3 is 1.96 bits per heavy atom. The Morgan fingerprint density at radius 1 is 0.958 bits per heavy atom. The number of hydrogen-bond donors (Lipinski definition) is 1. The summed E-state index contributed by atoms with van der Waals surface area (Å²) < 4.78 is 25.2. The van der Waals surface area contributed by atoms with Gasteiger partial charge in [-0.15, -0.1) is 0 Å². The van der Waals surface area contributed by atoms with Crippen molar-refractivity contribution in [3.05, 3.63) is 17.7 Å². The zero-order valence-corrected chi connectivity index (χ0v) is 14.5. The molecule has 1 atom stereocenters. The predicted octanol–water partition coefficient (Wildman–Crippen LogP) is 0.907. The normalized spacial score (nSPS) is 11.4. The minimum absolute atomic E-state index is 0.149. The molecule has 1 rings (SSSR count). The second-order valence-corrected chi connectivity index (χ2v) is 4.75. The topological polar surface area (TPSA) is 92.3 Å². The standard InChI is InChI=1S/C16H23NO7/c1-20-10-6-13(21-2)11(14(7-10)22-3)9-17-12(16(19)24-5)8-15(18)23-4/h6-7,12,17H,8-9H2,1-5H3/t12-/m0/s1. The number of rotatable bonds is 9. The highest BCUT2D eigenvalue weighted by Gasteiger charge is 2.24. The molecule has 0 aliphatic carbocycles. The van der Waals surface area contributed by atoms with Crippen molar-refractivity contribution in [2.75, 3.05) is 35.5 Å². The third kappa shape index (κ3) is 5.02. The number of nitrogens with one attached hydrogen (secondary N) is 1. The van der Waals surface area contributed by atoms with Crippen molar-refractivity contribution < 1.29 is 33.3 Å². The largest absolute Gasteiger partial charge is 0.496 e. The number of hydrogen-bond acceptors (Lipinski definition) is 8. The molecule has 8 heteroatoms. The summed E-state index contributed by atoms with van der Waals surface area (Å²) in [5, 5.41) is 2.96. The van der Waals surface area contributed by atoms with Crippen molar-refractivity contribution in [3.8, 4) is 17.2 Å². The van der Waals surface area contributed by atoms with Gasteiger partial charge in [-0.3, -0.25) is 14.9 Å². The highest BCUT2D eigenvalue weighted by molar-refractivity contribution is 5.82. The van der Waals surface area contributed by atoms with E-state index in [4.69, 9.17) is 18.9 Å². The van der Waals surface area contributed by atoms with Crippen LogP contribution in [0.5, 0.6) is 17.2 Å². The number of esters is 2. The third-order valence-corrected chi connectivity index (χ3v) is 3.43. The first kappa shape index (κ1) is 19.6. The van der Waals surface area contributed by atoms with Crippen molar-refractivity contribution in [1.82, 2.24) is 5.32 Å². The summed E-state index contributed by atoms with van der Waals surface area (Å²) in [4.78, 5) is 23.3. The summed E-state index contributed by atoms with van der Waals surface area (Å²) in [7, 11) is 7.08. The van der Waals surface area contributed by atoms with Gasteiger partial charge in [0.1, 0.15) is 23.3 Å². The molecule has 134 valence electrons. The molecule has 1 aromatic carbocycles. The van der Waals surface area contributed by atoms with E-state index in [0.29, 0.717) is 22.8 Å². The highest BCUT2D eigenvalue weighted by Crippen LogP contribution is 2.34. The fourth-order valence-electron chi connectivity index (χ4n) is 2.11. The SMILES string of the molecule is COC(=O)C[C@H](NCc1c(OC)cc(OC)cc1OC)C(=O)OC. The van der Waals surface area contributed by atoms with E-state index in [1.165, 1.54) is 35.5 Å². The predicted molar refractivity (Wildman–Crippen MR) is 85.4 cm³/mol. The first-order chi connectivity index (χ1) is 11.5. The molecule has 0 saturated heterocycles. The maximum Gasteiger partial charge on any atom is 0.323 e. The quantitative estimate of drug-likeness (QED) is 0.663. The van der Waals surface area contributed by atoms with Gasteiger partial charge in [-0.25, -0.2) is 0 Å². The molecule has 0 heterocycles. The van der Waals surface area contributed by atoms with Crippen LogP contribution in [0.2, 0.25) is 0 Å². The minimum atomic E-state index is -0.848. The maximum absolute atomic E-state index is 11.8. The Hall–Kier alpha value is -2.48. The van der Waals surface area contributed by atoms with E-state index >= 15 is 0 Å². The number of carbonyl (C=O) groups excluding carboxylic acids is 2. The van der Waals surface area contributed by atoms with E-state index in [-0.39, 0.29) is 13.0 Å². The molecule has 0 bridgehead atoms. The number of benzene rings is 1. The van der Waals surface area contributed by atoms with Gasteiger partial charge in [0.15, 0.2) is 0 Å². The lowest BCUT2D eigenvalue weighted by Crippen LogP contribution is -2.39. The van der Waals surface area contributed by atoms with Crippen LogP contribution in [0.25, 0.3) is 0 Å². The lowest BCUT2D eigenvalue weighted by Gasteiger charge is -2.19. The molecule has 0 radical (unpaired) electrons. The average molecular weight is 341 g/mol. The maximum atomic E-state index is 11.8.